The molecule has 1 amide bonds. The maximum atomic E-state index is 12.6. The first-order chi connectivity index (χ1) is 14.3. The van der Waals surface area contributed by atoms with Crippen LogP contribution in [-0.4, -0.2) is 21.7 Å². The first-order valence-corrected chi connectivity index (χ1v) is 10.9. The maximum absolute atomic E-state index is 12.6. The lowest BCUT2D eigenvalue weighted by Gasteiger charge is -2.26. The molecule has 3 aromatic rings. The monoisotopic (exact) mass is 443 g/mol. The largest absolute Gasteiger partial charge is 0.353 e. The Morgan fingerprint density at radius 2 is 1.63 bits per heavy atom. The number of nitrogens with zero attached hydrogens (tertiary/aromatic N) is 2. The lowest BCUT2D eigenvalue weighted by Crippen LogP contribution is -2.38. The van der Waals surface area contributed by atoms with Crippen LogP contribution < -0.4 is 5.32 Å². The summed E-state index contributed by atoms with van der Waals surface area (Å²) in [6.07, 6.45) is 1.18. The van der Waals surface area contributed by atoms with Crippen LogP contribution in [-0.2, 0) is 17.8 Å². The van der Waals surface area contributed by atoms with Crippen molar-refractivity contribution in [2.75, 3.05) is 0 Å². The van der Waals surface area contributed by atoms with E-state index in [1.54, 1.807) is 0 Å². The number of benzene rings is 2. The molecule has 0 spiro atoms. The molecule has 1 heterocycles. The Morgan fingerprint density at radius 3 is 2.20 bits per heavy atom. The molecule has 0 saturated carbocycles. The fourth-order valence-corrected chi connectivity index (χ4v) is 3.96. The van der Waals surface area contributed by atoms with Crippen molar-refractivity contribution in [1.29, 1.82) is 0 Å². The summed E-state index contributed by atoms with van der Waals surface area (Å²) in [6, 6.07) is 17.7. The first kappa shape index (κ1) is 22.4. The van der Waals surface area contributed by atoms with Gasteiger partial charge in [-0.25, -0.2) is 0 Å². The van der Waals surface area contributed by atoms with Gasteiger partial charge in [0.05, 0.1) is 5.69 Å². The van der Waals surface area contributed by atoms with Crippen molar-refractivity contribution < 1.29 is 4.79 Å². The van der Waals surface area contributed by atoms with Crippen LogP contribution in [0.1, 0.15) is 41.8 Å². The van der Waals surface area contributed by atoms with E-state index < -0.39 is 0 Å². The van der Waals surface area contributed by atoms with Crippen LogP contribution in [0.5, 0.6) is 0 Å². The second kappa shape index (κ2) is 10.1. The molecular weight excluding hydrogens is 417 g/mol. The van der Waals surface area contributed by atoms with Gasteiger partial charge in [-0.1, -0.05) is 47.5 Å². The number of amides is 1. The van der Waals surface area contributed by atoms with E-state index in [2.05, 4.69) is 17.3 Å². The average molecular weight is 444 g/mol. The predicted octanol–water partition coefficient (Wildman–Crippen LogP) is 5.73. The lowest BCUT2D eigenvalue weighted by atomic mass is 9.86. The quantitative estimate of drug-likeness (QED) is 0.483. The molecule has 1 N–H and O–H groups in total. The zero-order chi connectivity index (χ0) is 21.7. The number of hydrogen-bond acceptors (Lipinski definition) is 2. The Balaban J connectivity index is 1.69. The first-order valence-electron chi connectivity index (χ1n) is 10.1. The van der Waals surface area contributed by atoms with Crippen LogP contribution in [0.4, 0.5) is 0 Å². The minimum Gasteiger partial charge on any atom is -0.353 e. The molecule has 2 aromatic carbocycles. The van der Waals surface area contributed by atoms with Gasteiger partial charge in [0.15, 0.2) is 0 Å². The smallest absolute Gasteiger partial charge is 0.222 e. The molecular formula is C24H27Cl2N3O. The van der Waals surface area contributed by atoms with Gasteiger partial charge in [0.1, 0.15) is 0 Å². The van der Waals surface area contributed by atoms with Crippen molar-refractivity contribution in [2.45, 2.75) is 52.1 Å². The van der Waals surface area contributed by atoms with E-state index in [4.69, 9.17) is 23.2 Å². The fourth-order valence-electron chi connectivity index (χ4n) is 3.70. The van der Waals surface area contributed by atoms with E-state index in [1.165, 1.54) is 5.56 Å². The molecule has 158 valence electrons. The summed E-state index contributed by atoms with van der Waals surface area (Å²) < 4.78 is 1.88. The van der Waals surface area contributed by atoms with Crippen molar-refractivity contribution in [3.63, 3.8) is 0 Å². The van der Waals surface area contributed by atoms with Gasteiger partial charge in [-0.15, -0.1) is 0 Å². The number of hydrogen-bond donors (Lipinski definition) is 1. The molecule has 0 radical (unpaired) electrons. The van der Waals surface area contributed by atoms with Gasteiger partial charge < -0.3 is 5.32 Å². The third-order valence-corrected chi connectivity index (χ3v) is 5.82. The fraction of sp³-hybridized carbons (Fsp3) is 0.333. The molecule has 2 atom stereocenters. The lowest BCUT2D eigenvalue weighted by molar-refractivity contribution is -0.122. The minimum atomic E-state index is -0.0465. The highest BCUT2D eigenvalue weighted by Gasteiger charge is 2.22. The molecule has 30 heavy (non-hydrogen) atoms. The molecule has 0 fully saturated rings. The van der Waals surface area contributed by atoms with Crippen LogP contribution in [0.25, 0.3) is 0 Å². The Kier molecular flexibility index (Phi) is 7.57. The summed E-state index contributed by atoms with van der Waals surface area (Å²) in [5, 5.41) is 9.03. The van der Waals surface area contributed by atoms with Crippen molar-refractivity contribution in [3.05, 3.63) is 87.2 Å². The second-order valence-corrected chi connectivity index (χ2v) is 8.62. The second-order valence-electron chi connectivity index (χ2n) is 7.75. The van der Waals surface area contributed by atoms with E-state index in [1.807, 2.05) is 73.1 Å². The highest BCUT2D eigenvalue weighted by atomic mass is 35.5. The molecule has 6 heteroatoms. The van der Waals surface area contributed by atoms with Crippen LogP contribution in [0.3, 0.4) is 0 Å². The number of carbonyl (C=O) groups excluding carboxylic acids is 1. The highest BCUT2D eigenvalue weighted by Crippen LogP contribution is 2.27. The van der Waals surface area contributed by atoms with E-state index in [9.17, 15) is 4.79 Å². The molecule has 0 aliphatic rings. The number of rotatable bonds is 8. The van der Waals surface area contributed by atoms with Gasteiger partial charge in [-0.3, -0.25) is 9.48 Å². The van der Waals surface area contributed by atoms with Crippen LogP contribution in [0, 0.1) is 13.8 Å². The molecule has 0 aliphatic heterocycles. The van der Waals surface area contributed by atoms with Crippen molar-refractivity contribution in [2.24, 2.45) is 0 Å². The molecule has 0 saturated heterocycles. The summed E-state index contributed by atoms with van der Waals surface area (Å²) in [4.78, 5) is 12.6. The van der Waals surface area contributed by atoms with Gasteiger partial charge >= 0.3 is 0 Å². The zero-order valence-electron chi connectivity index (χ0n) is 17.5. The highest BCUT2D eigenvalue weighted by molar-refractivity contribution is 6.30. The number of carbonyl (C=O) groups is 1. The van der Waals surface area contributed by atoms with Crippen LogP contribution in [0.15, 0.2) is 54.6 Å². The SMILES string of the molecule is Cc1cc(C)n(CCC(=O)N[C@H](C)[C@H](Cc2ccc(Cl)cc2)c2ccc(Cl)cc2)n1. The Morgan fingerprint density at radius 1 is 1.03 bits per heavy atom. The summed E-state index contributed by atoms with van der Waals surface area (Å²) in [6.45, 7) is 6.58. The van der Waals surface area contributed by atoms with Gasteiger partial charge in [0, 0.05) is 40.7 Å². The Hall–Kier alpha value is -2.30. The Labute approximate surface area is 188 Å². The summed E-state index contributed by atoms with van der Waals surface area (Å²) in [5.41, 5.74) is 4.34. The number of aromatic nitrogens is 2. The summed E-state index contributed by atoms with van der Waals surface area (Å²) in [5.74, 6) is 0.131. The van der Waals surface area contributed by atoms with Gasteiger partial charge in [-0.2, -0.15) is 5.10 Å². The normalized spacial score (nSPS) is 13.1. The Bertz CT molecular complexity index is 981. The van der Waals surface area contributed by atoms with Crippen molar-refractivity contribution >= 4 is 29.1 Å². The number of nitrogens with one attached hydrogen (secondary N) is 1. The maximum Gasteiger partial charge on any atom is 0.222 e. The number of halogens is 2. The third-order valence-electron chi connectivity index (χ3n) is 5.31. The topological polar surface area (TPSA) is 46.9 Å². The van der Waals surface area contributed by atoms with E-state index >= 15 is 0 Å². The molecule has 1 aromatic heterocycles. The van der Waals surface area contributed by atoms with Crippen LogP contribution in [0.2, 0.25) is 10.0 Å². The molecule has 0 bridgehead atoms. The van der Waals surface area contributed by atoms with Gasteiger partial charge in [0.25, 0.3) is 0 Å². The van der Waals surface area contributed by atoms with Crippen LogP contribution >= 0.6 is 23.2 Å². The average Bonchev–Trinajstić information content (AvgIpc) is 3.03. The van der Waals surface area contributed by atoms with E-state index in [-0.39, 0.29) is 17.9 Å². The summed E-state index contributed by atoms with van der Waals surface area (Å²) in [7, 11) is 0. The molecule has 4 nitrogen and oxygen atoms in total. The predicted molar refractivity (Wildman–Crippen MR) is 123 cm³/mol. The standard InChI is InChI=1S/C24H27Cl2N3O/c1-16-14-17(2)29(28-16)13-12-24(30)27-18(3)23(20-6-10-22(26)11-7-20)15-19-4-8-21(25)9-5-19/h4-11,14,18,23H,12-13,15H2,1-3H3,(H,27,30)/t18-,23+/m1/s1. The van der Waals surface area contributed by atoms with Gasteiger partial charge in [-0.05, 0) is 68.7 Å². The van der Waals surface area contributed by atoms with Crippen molar-refractivity contribution in [1.82, 2.24) is 15.1 Å². The van der Waals surface area contributed by atoms with Gasteiger partial charge in [0.2, 0.25) is 5.91 Å². The molecule has 0 unspecified atom stereocenters. The number of aryl methyl sites for hydroxylation is 3. The minimum absolute atomic E-state index is 0.0186. The van der Waals surface area contributed by atoms with Crippen molar-refractivity contribution in [3.8, 4) is 0 Å². The van der Waals surface area contributed by atoms with E-state index in [0.29, 0.717) is 23.0 Å². The third kappa shape index (κ3) is 6.10. The summed E-state index contributed by atoms with van der Waals surface area (Å²) >= 11 is 12.1. The molecule has 0 aliphatic carbocycles. The van der Waals surface area contributed by atoms with E-state index in [0.717, 1.165) is 23.4 Å². The molecule has 3 rings (SSSR count). The zero-order valence-corrected chi connectivity index (χ0v) is 19.0.